The molecule has 0 bridgehead atoms. The second-order valence-corrected chi connectivity index (χ2v) is 9.94. The number of nitrogens with one attached hydrogen (secondary N) is 1. The summed E-state index contributed by atoms with van der Waals surface area (Å²) in [6.45, 7) is 4.60. The van der Waals surface area contributed by atoms with Gasteiger partial charge in [0.25, 0.3) is 0 Å². The van der Waals surface area contributed by atoms with Crippen LogP contribution >= 0.6 is 0 Å². The molecule has 0 aromatic heterocycles. The van der Waals surface area contributed by atoms with Crippen LogP contribution in [0.15, 0.2) is 0 Å². The summed E-state index contributed by atoms with van der Waals surface area (Å²) < 4.78 is 32.7. The molecule has 0 rings (SSSR count). The molecule has 0 aromatic carbocycles. The Bertz CT molecular complexity index is 589. The van der Waals surface area contributed by atoms with E-state index in [4.69, 9.17) is 0 Å². The average Bonchev–Trinajstić information content (AvgIpc) is 2.67. The molecule has 1 unspecified atom stereocenters. The predicted octanol–water partition coefficient (Wildman–Crippen LogP) is -2.57. The molecule has 10 heteroatoms. The normalized spacial score (nSPS) is 12.8. The van der Waals surface area contributed by atoms with Gasteiger partial charge in [0.05, 0.1) is 12.4 Å². The summed E-state index contributed by atoms with van der Waals surface area (Å²) in [6.07, 6.45) is 12.2. The first kappa shape index (κ1) is 37.4. The Morgan fingerprint density at radius 3 is 1.56 bits per heavy atom. The number of carboxylic acids is 1. The van der Waals surface area contributed by atoms with Crippen LogP contribution in [0.2, 0.25) is 0 Å². The number of hydrogen-bond acceptors (Lipinski definition) is 6. The number of unbranched alkanes of at least 4 members (excludes halogenated alkanes) is 12. The summed E-state index contributed by atoms with van der Waals surface area (Å²) in [5.74, 6) is -2.71. The first-order valence-electron chi connectivity index (χ1n) is 11.6. The van der Waals surface area contributed by atoms with Crippen molar-refractivity contribution in [3.63, 3.8) is 0 Å². The van der Waals surface area contributed by atoms with Gasteiger partial charge in [-0.05, 0) is 12.8 Å². The van der Waals surface area contributed by atoms with Crippen molar-refractivity contribution in [2.24, 2.45) is 0 Å². The van der Waals surface area contributed by atoms with Crippen molar-refractivity contribution in [2.45, 2.75) is 121 Å². The topological polar surface area (TPSA) is 126 Å². The second kappa shape index (κ2) is 22.3. The average molecular weight is 494 g/mol. The zero-order chi connectivity index (χ0) is 22.9. The van der Waals surface area contributed by atoms with Crippen molar-refractivity contribution < 1.29 is 86.8 Å². The Balaban J connectivity index is -0.00000420. The molecule has 178 valence electrons. The van der Waals surface area contributed by atoms with Gasteiger partial charge < -0.3 is 19.8 Å². The fraction of sp³-hybridized carbons (Fsp3) is 0.909. The van der Waals surface area contributed by atoms with Crippen LogP contribution in [0.25, 0.3) is 0 Å². The van der Waals surface area contributed by atoms with E-state index in [9.17, 15) is 27.7 Å². The van der Waals surface area contributed by atoms with Gasteiger partial charge in [-0.15, -0.1) is 0 Å². The quantitative estimate of drug-likeness (QED) is 0.113. The zero-order valence-corrected chi connectivity index (χ0v) is 25.7. The number of carbonyl (C=O) groups excluding carboxylic acids is 2. The van der Waals surface area contributed by atoms with Crippen LogP contribution < -0.4 is 69.5 Å². The van der Waals surface area contributed by atoms with Crippen LogP contribution in [-0.2, 0) is 19.7 Å². The fourth-order valence-electron chi connectivity index (χ4n) is 3.58. The largest absolute Gasteiger partial charge is 1.00 e. The number of carbonyl (C=O) groups is 2. The minimum Gasteiger partial charge on any atom is -0.747 e. The minimum atomic E-state index is -5.24. The van der Waals surface area contributed by atoms with E-state index >= 15 is 0 Å². The van der Waals surface area contributed by atoms with Crippen molar-refractivity contribution in [3.8, 4) is 0 Å². The van der Waals surface area contributed by atoms with E-state index in [1.807, 2.05) is 0 Å². The predicted molar refractivity (Wildman–Crippen MR) is 116 cm³/mol. The van der Waals surface area contributed by atoms with Crippen LogP contribution in [0.3, 0.4) is 0 Å². The molecule has 0 aliphatic rings. The Labute approximate surface area is 240 Å². The number of carboxylic acid groups (broad SMARTS) is 1. The molecule has 0 radical (unpaired) electrons. The Kier molecular flexibility index (Phi) is 26.1. The molecule has 0 fully saturated rings. The molecule has 0 aromatic rings. The number of hydrogen-bond donors (Lipinski definition) is 1. The molecular weight excluding hydrogens is 452 g/mol. The van der Waals surface area contributed by atoms with Crippen molar-refractivity contribution in [3.05, 3.63) is 0 Å². The van der Waals surface area contributed by atoms with Crippen LogP contribution in [-0.4, -0.2) is 36.1 Å². The number of aliphatic carboxylic acids is 1. The SMILES string of the molecule is CCCCCCCCCCC(CC(=O)NCCCCCCCC)(C(=O)[O-])S(=O)(=O)[O-].[Na+].[Na+]. The van der Waals surface area contributed by atoms with E-state index in [0.717, 1.165) is 64.2 Å². The summed E-state index contributed by atoms with van der Waals surface area (Å²) >= 11 is 0. The van der Waals surface area contributed by atoms with Gasteiger partial charge in [-0.25, -0.2) is 8.42 Å². The number of rotatable bonds is 20. The summed E-state index contributed by atoms with van der Waals surface area (Å²) in [5, 5.41) is 14.2. The maximum Gasteiger partial charge on any atom is 1.00 e. The molecular formula is C22H41NNa2O6S. The van der Waals surface area contributed by atoms with Gasteiger partial charge in [0.2, 0.25) is 5.91 Å². The van der Waals surface area contributed by atoms with Gasteiger partial charge in [0.1, 0.15) is 14.9 Å². The molecule has 0 aliphatic carbocycles. The minimum absolute atomic E-state index is 0. The third-order valence-electron chi connectivity index (χ3n) is 5.58. The maximum absolute atomic E-state index is 12.2. The monoisotopic (exact) mass is 493 g/mol. The molecule has 0 spiro atoms. The van der Waals surface area contributed by atoms with Crippen molar-refractivity contribution in [1.29, 1.82) is 0 Å². The van der Waals surface area contributed by atoms with Crippen LogP contribution in [0.4, 0.5) is 0 Å². The maximum atomic E-state index is 12.2. The van der Waals surface area contributed by atoms with Gasteiger partial charge in [0, 0.05) is 6.54 Å². The zero-order valence-electron chi connectivity index (χ0n) is 20.9. The van der Waals surface area contributed by atoms with Gasteiger partial charge in [-0.2, -0.15) is 0 Å². The van der Waals surface area contributed by atoms with Gasteiger partial charge in [0.15, 0.2) is 0 Å². The fourth-order valence-corrected chi connectivity index (χ4v) is 4.48. The molecule has 0 heterocycles. The Morgan fingerprint density at radius 2 is 1.16 bits per heavy atom. The smallest absolute Gasteiger partial charge is 0.747 e. The molecule has 0 saturated carbocycles. The van der Waals surface area contributed by atoms with Crippen LogP contribution in [0, 0.1) is 0 Å². The van der Waals surface area contributed by atoms with Crippen molar-refractivity contribution >= 4 is 22.0 Å². The van der Waals surface area contributed by atoms with E-state index < -0.39 is 33.2 Å². The standard InChI is InChI=1S/C22H43NO6S.2Na/c1-3-5-7-9-11-12-13-15-17-22(21(25)26,30(27,28)29)19-20(24)23-18-16-14-10-8-6-4-2;;/h3-19H2,1-2H3,(H,23,24)(H,25,26)(H,27,28,29);;/q;2*+1/p-2. The summed E-state index contributed by atoms with van der Waals surface area (Å²) in [7, 11) is -5.24. The first-order valence-corrected chi connectivity index (χ1v) is 13.1. The Hall–Kier alpha value is 0.850. The van der Waals surface area contributed by atoms with Crippen LogP contribution in [0.5, 0.6) is 0 Å². The summed E-state index contributed by atoms with van der Waals surface area (Å²) in [5.41, 5.74) is 0. The molecule has 0 aliphatic heterocycles. The molecule has 1 N–H and O–H groups in total. The van der Waals surface area contributed by atoms with Crippen molar-refractivity contribution in [2.75, 3.05) is 6.54 Å². The summed E-state index contributed by atoms with van der Waals surface area (Å²) in [6, 6.07) is 0. The molecule has 1 atom stereocenters. The van der Waals surface area contributed by atoms with Crippen molar-refractivity contribution in [1.82, 2.24) is 5.32 Å². The second-order valence-electron chi connectivity index (χ2n) is 8.26. The first-order chi connectivity index (χ1) is 14.2. The van der Waals surface area contributed by atoms with E-state index in [0.29, 0.717) is 13.0 Å². The van der Waals surface area contributed by atoms with Gasteiger partial charge in [-0.1, -0.05) is 97.3 Å². The van der Waals surface area contributed by atoms with Crippen LogP contribution in [0.1, 0.15) is 117 Å². The molecule has 32 heavy (non-hydrogen) atoms. The Morgan fingerprint density at radius 1 is 0.750 bits per heavy atom. The molecule has 1 amide bonds. The van der Waals surface area contributed by atoms with Gasteiger partial charge in [-0.3, -0.25) is 4.79 Å². The number of amides is 1. The third-order valence-corrected chi connectivity index (χ3v) is 7.06. The van der Waals surface area contributed by atoms with E-state index in [2.05, 4.69) is 19.2 Å². The molecule has 7 nitrogen and oxygen atoms in total. The summed E-state index contributed by atoms with van der Waals surface area (Å²) in [4.78, 5) is 23.8. The molecule has 0 saturated heterocycles. The third kappa shape index (κ3) is 16.5. The van der Waals surface area contributed by atoms with E-state index in [1.54, 1.807) is 0 Å². The van der Waals surface area contributed by atoms with Gasteiger partial charge >= 0.3 is 59.1 Å². The van der Waals surface area contributed by atoms with E-state index in [-0.39, 0.29) is 72.0 Å². The van der Waals surface area contributed by atoms with E-state index in [1.165, 1.54) is 12.8 Å².